The summed E-state index contributed by atoms with van der Waals surface area (Å²) in [6, 6.07) is 37.3. The summed E-state index contributed by atoms with van der Waals surface area (Å²) in [5.41, 5.74) is 7.88. The van der Waals surface area contributed by atoms with Gasteiger partial charge in [-0.15, -0.1) is 43.1 Å². The van der Waals surface area contributed by atoms with Gasteiger partial charge in [-0.05, 0) is 24.5 Å². The highest BCUT2D eigenvalue weighted by Gasteiger charge is 2.26. The van der Waals surface area contributed by atoms with Crippen molar-refractivity contribution < 1.29 is 0 Å². The third-order valence-corrected chi connectivity index (χ3v) is 15.0. The molecule has 0 aliphatic carbocycles. The van der Waals surface area contributed by atoms with E-state index in [1.54, 1.807) is 0 Å². The minimum Gasteiger partial charge on any atom is -0.286 e. The van der Waals surface area contributed by atoms with Gasteiger partial charge in [0.05, 0.1) is 34.2 Å². The van der Waals surface area contributed by atoms with E-state index in [0.29, 0.717) is 38.3 Å². The number of aromatic nitrogens is 8. The Morgan fingerprint density at radius 3 is 1.59 bits per heavy atom. The van der Waals surface area contributed by atoms with Gasteiger partial charge in [-0.3, -0.25) is 19.8 Å². The van der Waals surface area contributed by atoms with Crippen molar-refractivity contribution in [3.63, 3.8) is 0 Å². The van der Waals surface area contributed by atoms with Crippen LogP contribution in [0.4, 0.5) is 21.6 Å². The lowest BCUT2D eigenvalue weighted by Crippen LogP contribution is -2.14. The van der Waals surface area contributed by atoms with E-state index in [-0.39, 0.29) is 33.8 Å². The van der Waals surface area contributed by atoms with E-state index in [9.17, 15) is 9.59 Å². The van der Waals surface area contributed by atoms with Crippen LogP contribution in [0.1, 0.15) is 67.2 Å². The van der Waals surface area contributed by atoms with Crippen LogP contribution >= 0.6 is 45.3 Å². The van der Waals surface area contributed by atoms with Gasteiger partial charge in [0.1, 0.15) is 0 Å². The maximum Gasteiger partial charge on any atom is 0.301 e. The number of nitrogens with zero attached hydrogens (tertiary/aromatic N) is 10. The van der Waals surface area contributed by atoms with Gasteiger partial charge in [-0.25, -0.2) is 19.9 Å². The van der Waals surface area contributed by atoms with Crippen LogP contribution in [0.2, 0.25) is 0 Å². The Morgan fingerprint density at radius 1 is 0.594 bits per heavy atom. The average molecular weight is 985 g/mol. The molecule has 18 heteroatoms. The first kappa shape index (κ1) is 45.4. The van der Waals surface area contributed by atoms with Crippen molar-refractivity contribution in [3.05, 3.63) is 173 Å². The minimum absolute atomic E-state index is 0.142. The van der Waals surface area contributed by atoms with Crippen molar-refractivity contribution in [2.45, 2.75) is 59.3 Å². The average Bonchev–Trinajstić information content (AvgIpc) is 4.23. The standard InChI is InChI=1S/C51H44N12O2S4/c1-29(2)43-30(3)52-47(69-43)58-57-42-40(61-63(46(42)65)50-54-37(28-67-50)33-20-12-8-13-21-33)35-24-16-17-31(25-35)26-38-44(51(4,5)6)55-48(68-38)59-56-41-39(34-22-14-9-15-23-34)60-62(45(41)64)49-53-36(27-66-49)32-18-10-7-11-19-32/h7-25,27-29,60-61H,26H2,1-6H3. The van der Waals surface area contributed by atoms with E-state index < -0.39 is 0 Å². The zero-order chi connectivity index (χ0) is 47.8. The number of H-pyrrole nitrogens is 2. The summed E-state index contributed by atoms with van der Waals surface area (Å²) in [4.78, 5) is 49.9. The largest absolute Gasteiger partial charge is 0.301 e. The Hall–Kier alpha value is -7.38. The number of hydrogen-bond acceptors (Lipinski definition) is 14. The molecule has 0 spiro atoms. The Morgan fingerprint density at radius 2 is 1.09 bits per heavy atom. The van der Waals surface area contributed by atoms with Gasteiger partial charge in [0, 0.05) is 54.6 Å². The number of azo groups is 2. The van der Waals surface area contributed by atoms with Gasteiger partial charge in [-0.2, -0.15) is 9.36 Å². The van der Waals surface area contributed by atoms with E-state index in [1.807, 2.05) is 133 Å². The topological polar surface area (TPSA) is 177 Å². The molecular weight excluding hydrogens is 941 g/mol. The summed E-state index contributed by atoms with van der Waals surface area (Å²) < 4.78 is 2.85. The quantitative estimate of drug-likeness (QED) is 0.109. The Kier molecular flexibility index (Phi) is 12.5. The molecule has 69 heavy (non-hydrogen) atoms. The van der Waals surface area contributed by atoms with E-state index >= 15 is 0 Å². The van der Waals surface area contributed by atoms with Crippen molar-refractivity contribution >= 4 is 67.0 Å². The SMILES string of the molecule is Cc1nc(N=Nc2c(-c3cccc(Cc4sc(N=Nc5c(-c6ccccc6)[nH]n(-c6nc(-c7ccccc7)cs6)c5=O)nc4C(C)(C)C)c3)[nH]n(-c3nc(-c4ccccc4)cs3)c2=O)sc1C(C)C. The van der Waals surface area contributed by atoms with Gasteiger partial charge in [-0.1, -0.05) is 166 Å². The number of aromatic amines is 2. The highest BCUT2D eigenvalue weighted by molar-refractivity contribution is 7.15. The van der Waals surface area contributed by atoms with Gasteiger partial charge in [0.2, 0.25) is 20.5 Å². The molecule has 0 radical (unpaired) electrons. The Bertz CT molecular complexity index is 3620. The van der Waals surface area contributed by atoms with E-state index in [4.69, 9.17) is 15.0 Å². The molecule has 0 bridgehead atoms. The number of nitrogens with one attached hydrogen (secondary N) is 2. The first-order valence-electron chi connectivity index (χ1n) is 22.1. The van der Waals surface area contributed by atoms with Crippen molar-refractivity contribution in [3.8, 4) is 55.3 Å². The van der Waals surface area contributed by atoms with Gasteiger partial charge >= 0.3 is 11.1 Å². The van der Waals surface area contributed by atoms with Crippen LogP contribution in [-0.4, -0.2) is 39.5 Å². The molecule has 0 saturated carbocycles. The fourth-order valence-corrected chi connectivity index (χ4v) is 11.4. The number of aryl methyl sites for hydroxylation is 1. The Balaban J connectivity index is 0.993. The van der Waals surface area contributed by atoms with Crippen LogP contribution in [0, 0.1) is 6.92 Å². The smallest absolute Gasteiger partial charge is 0.286 e. The second kappa shape index (κ2) is 19.0. The molecule has 0 atom stereocenters. The van der Waals surface area contributed by atoms with Crippen LogP contribution in [0.3, 0.4) is 0 Å². The van der Waals surface area contributed by atoms with E-state index in [1.165, 1.54) is 54.7 Å². The number of hydrogen-bond donors (Lipinski definition) is 2. The highest BCUT2D eigenvalue weighted by atomic mass is 32.1. The van der Waals surface area contributed by atoms with Crippen molar-refractivity contribution in [1.82, 2.24) is 39.5 Å². The maximum atomic E-state index is 14.3. The van der Waals surface area contributed by atoms with Crippen LogP contribution in [0.5, 0.6) is 0 Å². The third-order valence-electron chi connectivity index (χ3n) is 11.1. The molecule has 2 N–H and O–H groups in total. The van der Waals surface area contributed by atoms with Crippen LogP contribution in [-0.2, 0) is 11.8 Å². The van der Waals surface area contributed by atoms with Crippen molar-refractivity contribution in [1.29, 1.82) is 0 Å². The summed E-state index contributed by atoms with van der Waals surface area (Å²) in [5.74, 6) is 0.281. The first-order chi connectivity index (χ1) is 33.4. The predicted octanol–water partition coefficient (Wildman–Crippen LogP) is 14.3. The third kappa shape index (κ3) is 9.43. The fraction of sp³-hybridized carbons (Fsp3) is 0.176. The summed E-state index contributed by atoms with van der Waals surface area (Å²) in [6.45, 7) is 12.5. The van der Waals surface area contributed by atoms with E-state index in [2.05, 4.69) is 70.3 Å². The highest BCUT2D eigenvalue weighted by Crippen LogP contribution is 2.39. The van der Waals surface area contributed by atoms with Crippen molar-refractivity contribution in [2.75, 3.05) is 0 Å². The summed E-state index contributed by atoms with van der Waals surface area (Å²) >= 11 is 5.61. The van der Waals surface area contributed by atoms with E-state index in [0.717, 1.165) is 60.3 Å². The van der Waals surface area contributed by atoms with Crippen LogP contribution in [0.15, 0.2) is 156 Å². The van der Waals surface area contributed by atoms with Gasteiger partial charge in [0.25, 0.3) is 0 Å². The lowest BCUT2D eigenvalue weighted by Gasteiger charge is -2.17. The van der Waals surface area contributed by atoms with Crippen LogP contribution < -0.4 is 11.1 Å². The lowest BCUT2D eigenvalue weighted by molar-refractivity contribution is 0.568. The second-order valence-corrected chi connectivity index (χ2v) is 21.2. The maximum absolute atomic E-state index is 14.3. The molecule has 0 saturated heterocycles. The second-order valence-electron chi connectivity index (χ2n) is 17.5. The molecule has 0 aliphatic rings. The zero-order valence-electron chi connectivity index (χ0n) is 38.3. The lowest BCUT2D eigenvalue weighted by atomic mass is 9.90. The molecule has 344 valence electrons. The fourth-order valence-electron chi connectivity index (χ4n) is 7.80. The minimum atomic E-state index is -0.383. The molecule has 0 amide bonds. The molecule has 0 unspecified atom stereocenters. The monoisotopic (exact) mass is 984 g/mol. The molecule has 0 fully saturated rings. The van der Waals surface area contributed by atoms with Gasteiger partial charge in [0.15, 0.2) is 11.4 Å². The first-order valence-corrected chi connectivity index (χ1v) is 25.5. The molecule has 6 heterocycles. The molecule has 10 aromatic rings. The zero-order valence-corrected chi connectivity index (χ0v) is 41.6. The molecule has 4 aromatic carbocycles. The molecule has 6 aromatic heterocycles. The summed E-state index contributed by atoms with van der Waals surface area (Å²) in [7, 11) is 0. The molecule has 10 rings (SSSR count). The molecule has 14 nitrogen and oxygen atoms in total. The summed E-state index contributed by atoms with van der Waals surface area (Å²) in [6.07, 6.45) is 0.513. The summed E-state index contributed by atoms with van der Waals surface area (Å²) in [5, 5.41) is 30.6. The normalized spacial score (nSPS) is 12.1. The predicted molar refractivity (Wildman–Crippen MR) is 279 cm³/mol. The molecular formula is C51H44N12O2S4. The van der Waals surface area contributed by atoms with Crippen molar-refractivity contribution in [2.24, 2.45) is 20.5 Å². The van der Waals surface area contributed by atoms with Gasteiger partial charge < -0.3 is 0 Å². The number of thiazole rings is 4. The van der Waals surface area contributed by atoms with Crippen LogP contribution in [0.25, 0.3) is 55.3 Å². The number of benzene rings is 4. The molecule has 0 aliphatic heterocycles. The Labute approximate surface area is 412 Å². The number of rotatable bonds is 13.